The average molecular weight is 214 g/mol. The molecule has 0 saturated heterocycles. The maximum atomic E-state index is 11.4. The zero-order valence-corrected chi connectivity index (χ0v) is 8.46. The minimum Gasteiger partial charge on any atom is -0.465 e. The van der Waals surface area contributed by atoms with Crippen molar-refractivity contribution >= 4 is 17.8 Å². The summed E-state index contributed by atoms with van der Waals surface area (Å²) < 4.78 is 5.05. The van der Waals surface area contributed by atoms with Gasteiger partial charge in [-0.15, -0.1) is 0 Å². The SMILES string of the molecule is O=C(C=Cc1ccco1)Nc1ccccn1. The molecule has 4 nitrogen and oxygen atoms in total. The van der Waals surface area contributed by atoms with E-state index in [2.05, 4.69) is 10.3 Å². The number of nitrogens with one attached hydrogen (secondary N) is 1. The van der Waals surface area contributed by atoms with Gasteiger partial charge in [-0.25, -0.2) is 4.98 Å². The van der Waals surface area contributed by atoms with E-state index in [-0.39, 0.29) is 5.91 Å². The number of carbonyl (C=O) groups excluding carboxylic acids is 1. The maximum Gasteiger partial charge on any atom is 0.249 e. The number of furan rings is 1. The molecule has 0 spiro atoms. The van der Waals surface area contributed by atoms with Crippen LogP contribution >= 0.6 is 0 Å². The van der Waals surface area contributed by atoms with Gasteiger partial charge in [-0.1, -0.05) is 6.07 Å². The molecular weight excluding hydrogens is 204 g/mol. The van der Waals surface area contributed by atoms with Crippen molar-refractivity contribution in [2.24, 2.45) is 0 Å². The second-order valence-corrected chi connectivity index (χ2v) is 3.05. The molecule has 0 saturated carbocycles. The largest absolute Gasteiger partial charge is 0.465 e. The van der Waals surface area contributed by atoms with E-state index in [1.807, 2.05) is 0 Å². The Labute approximate surface area is 92.6 Å². The van der Waals surface area contributed by atoms with E-state index in [1.165, 1.54) is 6.08 Å². The molecule has 1 N–H and O–H groups in total. The van der Waals surface area contributed by atoms with Gasteiger partial charge >= 0.3 is 0 Å². The lowest BCUT2D eigenvalue weighted by molar-refractivity contribution is -0.111. The van der Waals surface area contributed by atoms with Gasteiger partial charge in [-0.05, 0) is 30.3 Å². The molecule has 16 heavy (non-hydrogen) atoms. The molecule has 2 rings (SSSR count). The standard InChI is InChI=1S/C12H10N2O2/c15-12(7-6-10-4-3-9-16-10)14-11-5-1-2-8-13-11/h1-9H,(H,13,14,15). The molecule has 0 aliphatic carbocycles. The lowest BCUT2D eigenvalue weighted by Crippen LogP contribution is -2.08. The first-order valence-corrected chi connectivity index (χ1v) is 4.78. The van der Waals surface area contributed by atoms with Crippen molar-refractivity contribution in [1.29, 1.82) is 0 Å². The first-order valence-electron chi connectivity index (χ1n) is 4.78. The van der Waals surface area contributed by atoms with E-state index in [0.29, 0.717) is 11.6 Å². The van der Waals surface area contributed by atoms with Crippen LogP contribution in [0.2, 0.25) is 0 Å². The summed E-state index contributed by atoms with van der Waals surface area (Å²) in [5, 5.41) is 2.63. The van der Waals surface area contributed by atoms with Crippen molar-refractivity contribution in [3.05, 3.63) is 54.6 Å². The molecule has 0 radical (unpaired) electrons. The van der Waals surface area contributed by atoms with Crippen LogP contribution < -0.4 is 5.32 Å². The second kappa shape index (κ2) is 4.93. The van der Waals surface area contributed by atoms with E-state index in [0.717, 1.165) is 0 Å². The summed E-state index contributed by atoms with van der Waals surface area (Å²) in [6, 6.07) is 8.84. The molecule has 2 aromatic rings. The first kappa shape index (κ1) is 10.2. The number of rotatable bonds is 3. The highest BCUT2D eigenvalue weighted by Crippen LogP contribution is 2.03. The van der Waals surface area contributed by atoms with Gasteiger partial charge in [0.15, 0.2) is 0 Å². The van der Waals surface area contributed by atoms with E-state index in [1.54, 1.807) is 48.9 Å². The van der Waals surface area contributed by atoms with Crippen LogP contribution in [0, 0.1) is 0 Å². The van der Waals surface area contributed by atoms with E-state index >= 15 is 0 Å². The summed E-state index contributed by atoms with van der Waals surface area (Å²) in [7, 11) is 0. The van der Waals surface area contributed by atoms with Crippen LogP contribution in [-0.4, -0.2) is 10.9 Å². The maximum absolute atomic E-state index is 11.4. The monoisotopic (exact) mass is 214 g/mol. The molecule has 80 valence electrons. The Balaban J connectivity index is 1.95. The van der Waals surface area contributed by atoms with Gasteiger partial charge in [0, 0.05) is 12.3 Å². The van der Waals surface area contributed by atoms with Crippen molar-refractivity contribution in [1.82, 2.24) is 4.98 Å². The predicted molar refractivity (Wildman–Crippen MR) is 60.6 cm³/mol. The molecule has 0 atom stereocenters. The topological polar surface area (TPSA) is 55.1 Å². The number of aromatic nitrogens is 1. The van der Waals surface area contributed by atoms with Crippen LogP contribution in [0.1, 0.15) is 5.76 Å². The molecule has 4 heteroatoms. The highest BCUT2D eigenvalue weighted by atomic mass is 16.3. The molecule has 0 fully saturated rings. The number of anilines is 1. The Morgan fingerprint density at radius 3 is 2.94 bits per heavy atom. The fourth-order valence-corrected chi connectivity index (χ4v) is 1.15. The third-order valence-corrected chi connectivity index (χ3v) is 1.86. The highest BCUT2D eigenvalue weighted by Gasteiger charge is 1.97. The number of nitrogens with zero attached hydrogens (tertiary/aromatic N) is 1. The zero-order valence-electron chi connectivity index (χ0n) is 8.46. The van der Waals surface area contributed by atoms with Gasteiger partial charge in [-0.2, -0.15) is 0 Å². The van der Waals surface area contributed by atoms with Crippen LogP contribution in [0.25, 0.3) is 6.08 Å². The highest BCUT2D eigenvalue weighted by molar-refractivity contribution is 6.01. The summed E-state index contributed by atoms with van der Waals surface area (Å²) in [5.74, 6) is 0.919. The molecule has 1 amide bonds. The van der Waals surface area contributed by atoms with Crippen molar-refractivity contribution in [3.63, 3.8) is 0 Å². The molecule has 0 aromatic carbocycles. The normalized spacial score (nSPS) is 10.5. The lowest BCUT2D eigenvalue weighted by Gasteiger charge is -1.98. The summed E-state index contributed by atoms with van der Waals surface area (Å²) in [6.45, 7) is 0. The summed E-state index contributed by atoms with van der Waals surface area (Å²) in [5.41, 5.74) is 0. The zero-order chi connectivity index (χ0) is 11.2. The van der Waals surface area contributed by atoms with Gasteiger partial charge in [-0.3, -0.25) is 4.79 Å². The second-order valence-electron chi connectivity index (χ2n) is 3.05. The average Bonchev–Trinajstić information content (AvgIpc) is 2.81. The van der Waals surface area contributed by atoms with Crippen LogP contribution in [0.4, 0.5) is 5.82 Å². The van der Waals surface area contributed by atoms with E-state index in [9.17, 15) is 4.79 Å². The Bertz CT molecular complexity index is 475. The molecule has 2 aromatic heterocycles. The molecule has 0 unspecified atom stereocenters. The molecule has 2 heterocycles. The number of hydrogen-bond donors (Lipinski definition) is 1. The van der Waals surface area contributed by atoms with Gasteiger partial charge in [0.25, 0.3) is 0 Å². The number of carbonyl (C=O) groups is 1. The Morgan fingerprint density at radius 2 is 2.25 bits per heavy atom. The van der Waals surface area contributed by atoms with Gasteiger partial charge in [0.1, 0.15) is 11.6 Å². The Kier molecular flexibility index (Phi) is 3.13. The molecule has 0 aliphatic rings. The summed E-state index contributed by atoms with van der Waals surface area (Å²) in [6.07, 6.45) is 6.16. The summed E-state index contributed by atoms with van der Waals surface area (Å²) in [4.78, 5) is 15.4. The minimum atomic E-state index is -0.241. The quantitative estimate of drug-likeness (QED) is 0.798. The lowest BCUT2D eigenvalue weighted by atomic mass is 10.4. The molecule has 0 aliphatic heterocycles. The Hall–Kier alpha value is -2.36. The van der Waals surface area contributed by atoms with Crippen LogP contribution in [0.3, 0.4) is 0 Å². The fraction of sp³-hybridized carbons (Fsp3) is 0. The number of pyridine rings is 1. The van der Waals surface area contributed by atoms with E-state index in [4.69, 9.17) is 4.42 Å². The fourth-order valence-electron chi connectivity index (χ4n) is 1.15. The van der Waals surface area contributed by atoms with E-state index < -0.39 is 0 Å². The first-order chi connectivity index (χ1) is 7.84. The minimum absolute atomic E-state index is 0.241. The van der Waals surface area contributed by atoms with Gasteiger partial charge in [0.05, 0.1) is 6.26 Å². The smallest absolute Gasteiger partial charge is 0.249 e. The van der Waals surface area contributed by atoms with Crippen molar-refractivity contribution in [3.8, 4) is 0 Å². The van der Waals surface area contributed by atoms with Crippen molar-refractivity contribution in [2.75, 3.05) is 5.32 Å². The van der Waals surface area contributed by atoms with Gasteiger partial charge in [0.2, 0.25) is 5.91 Å². The third kappa shape index (κ3) is 2.81. The van der Waals surface area contributed by atoms with Crippen LogP contribution in [0.5, 0.6) is 0 Å². The van der Waals surface area contributed by atoms with Crippen LogP contribution in [0.15, 0.2) is 53.3 Å². The van der Waals surface area contributed by atoms with Crippen molar-refractivity contribution < 1.29 is 9.21 Å². The Morgan fingerprint density at radius 1 is 1.31 bits per heavy atom. The molecule has 0 bridgehead atoms. The third-order valence-electron chi connectivity index (χ3n) is 1.86. The van der Waals surface area contributed by atoms with Crippen molar-refractivity contribution in [2.45, 2.75) is 0 Å². The number of hydrogen-bond acceptors (Lipinski definition) is 3. The number of amides is 1. The predicted octanol–water partition coefficient (Wildman–Crippen LogP) is 2.33. The van der Waals surface area contributed by atoms with Gasteiger partial charge < -0.3 is 9.73 Å². The molecular formula is C12H10N2O2. The summed E-state index contributed by atoms with van der Waals surface area (Å²) >= 11 is 0. The van der Waals surface area contributed by atoms with Crippen LogP contribution in [-0.2, 0) is 4.79 Å².